The lowest BCUT2D eigenvalue weighted by Crippen LogP contribution is -2.16. The lowest BCUT2D eigenvalue weighted by molar-refractivity contribution is -0.168. The van der Waals surface area contributed by atoms with Crippen LogP contribution in [-0.2, 0) is 4.74 Å². The van der Waals surface area contributed by atoms with Crippen LogP contribution in [-0.4, -0.2) is 25.8 Å². The zero-order valence-corrected chi connectivity index (χ0v) is 9.90. The van der Waals surface area contributed by atoms with Crippen LogP contribution in [0.1, 0.15) is 0 Å². The van der Waals surface area contributed by atoms with Crippen LogP contribution in [0.5, 0.6) is 5.75 Å². The van der Waals surface area contributed by atoms with Crippen LogP contribution in [0.3, 0.4) is 0 Å². The second-order valence-corrected chi connectivity index (χ2v) is 4.09. The summed E-state index contributed by atoms with van der Waals surface area (Å²) in [5.74, 6) is 0.481. The minimum atomic E-state index is -4.31. The van der Waals surface area contributed by atoms with Crippen LogP contribution in [0.4, 0.5) is 18.9 Å². The Morgan fingerprint density at radius 2 is 2.06 bits per heavy atom. The fourth-order valence-corrected chi connectivity index (χ4v) is 1.76. The van der Waals surface area contributed by atoms with Gasteiger partial charge in [-0.05, 0) is 18.2 Å². The summed E-state index contributed by atoms with van der Waals surface area (Å²) < 4.78 is 44.9. The summed E-state index contributed by atoms with van der Waals surface area (Å²) >= 11 is 1.09. The molecule has 0 fully saturated rings. The summed E-state index contributed by atoms with van der Waals surface area (Å²) in [5, 5.41) is 0. The third-order valence-electron chi connectivity index (χ3n) is 1.78. The Morgan fingerprint density at radius 3 is 2.65 bits per heavy atom. The van der Waals surface area contributed by atoms with Crippen molar-refractivity contribution in [3.8, 4) is 5.75 Å². The number of hydrogen-bond acceptors (Lipinski definition) is 4. The first-order valence-corrected chi connectivity index (χ1v) is 5.62. The molecule has 1 aromatic carbocycles. The number of thioether (sulfide) groups is 1. The normalized spacial score (nSPS) is 11.5. The molecule has 0 aliphatic heterocycles. The number of halogens is 3. The SMILES string of the molecule is COc1ccc(N)c(SCOCC(F)(F)F)c1. The van der Waals surface area contributed by atoms with Crippen molar-refractivity contribution in [3.63, 3.8) is 0 Å². The Morgan fingerprint density at radius 1 is 1.35 bits per heavy atom. The average Bonchev–Trinajstić information content (AvgIpc) is 2.25. The van der Waals surface area contributed by atoms with Gasteiger partial charge in [-0.3, -0.25) is 0 Å². The quantitative estimate of drug-likeness (QED) is 0.385. The summed E-state index contributed by atoms with van der Waals surface area (Å²) in [7, 11) is 1.50. The number of nitrogens with two attached hydrogens (primary N) is 1. The maximum absolute atomic E-state index is 11.8. The highest BCUT2D eigenvalue weighted by Crippen LogP contribution is 2.29. The molecule has 2 N–H and O–H groups in total. The Balaban J connectivity index is 2.46. The number of nitrogen functional groups attached to an aromatic ring is 1. The Labute approximate surface area is 101 Å². The molecular weight excluding hydrogens is 255 g/mol. The maximum Gasteiger partial charge on any atom is 0.411 e. The maximum atomic E-state index is 11.8. The van der Waals surface area contributed by atoms with E-state index in [0.717, 1.165) is 11.8 Å². The van der Waals surface area contributed by atoms with Crippen molar-refractivity contribution < 1.29 is 22.6 Å². The highest BCUT2D eigenvalue weighted by atomic mass is 32.2. The molecule has 0 amide bonds. The van der Waals surface area contributed by atoms with Crippen molar-refractivity contribution in [1.82, 2.24) is 0 Å². The molecule has 3 nitrogen and oxygen atoms in total. The Bertz CT molecular complexity index is 371. The largest absolute Gasteiger partial charge is 0.497 e. The second-order valence-electron chi connectivity index (χ2n) is 3.13. The second kappa shape index (κ2) is 6.02. The summed E-state index contributed by atoms with van der Waals surface area (Å²) in [5.41, 5.74) is 6.14. The first kappa shape index (κ1) is 14.0. The number of benzene rings is 1. The molecule has 96 valence electrons. The fourth-order valence-electron chi connectivity index (χ4n) is 1.03. The molecule has 0 aliphatic rings. The molecule has 0 heterocycles. The molecular formula is C10H12F3NO2S. The van der Waals surface area contributed by atoms with Crippen LogP contribution in [0.15, 0.2) is 23.1 Å². The van der Waals surface area contributed by atoms with E-state index < -0.39 is 12.8 Å². The Kier molecular flexibility index (Phi) is 4.95. The summed E-state index contributed by atoms with van der Waals surface area (Å²) in [4.78, 5) is 0.631. The van der Waals surface area contributed by atoms with Gasteiger partial charge in [0.2, 0.25) is 0 Å². The van der Waals surface area contributed by atoms with Crippen molar-refractivity contribution in [2.75, 3.05) is 25.4 Å². The van der Waals surface area contributed by atoms with Gasteiger partial charge >= 0.3 is 6.18 Å². The lowest BCUT2D eigenvalue weighted by Gasteiger charge is -2.09. The molecule has 17 heavy (non-hydrogen) atoms. The van der Waals surface area contributed by atoms with Gasteiger partial charge in [0.05, 0.1) is 13.0 Å². The molecule has 0 atom stereocenters. The molecule has 0 radical (unpaired) electrons. The predicted octanol–water partition coefficient (Wildman–Crippen LogP) is 2.91. The monoisotopic (exact) mass is 267 g/mol. The van der Waals surface area contributed by atoms with Gasteiger partial charge in [0.15, 0.2) is 0 Å². The molecule has 0 unspecified atom stereocenters. The first-order chi connectivity index (χ1) is 7.92. The van der Waals surface area contributed by atoms with E-state index in [1.54, 1.807) is 18.2 Å². The minimum Gasteiger partial charge on any atom is -0.497 e. The van der Waals surface area contributed by atoms with E-state index in [-0.39, 0.29) is 5.94 Å². The highest BCUT2D eigenvalue weighted by Gasteiger charge is 2.27. The number of ether oxygens (including phenoxy) is 2. The average molecular weight is 267 g/mol. The van der Waals surface area contributed by atoms with E-state index in [4.69, 9.17) is 10.5 Å². The van der Waals surface area contributed by atoms with Crippen molar-refractivity contribution in [3.05, 3.63) is 18.2 Å². The molecule has 1 rings (SSSR count). The summed E-state index contributed by atoms with van der Waals surface area (Å²) in [6, 6.07) is 4.96. The number of anilines is 1. The van der Waals surface area contributed by atoms with Crippen LogP contribution in [0, 0.1) is 0 Å². The van der Waals surface area contributed by atoms with E-state index in [1.165, 1.54) is 7.11 Å². The van der Waals surface area contributed by atoms with Gasteiger partial charge in [-0.15, -0.1) is 0 Å². The van der Waals surface area contributed by atoms with Crippen molar-refractivity contribution in [2.24, 2.45) is 0 Å². The van der Waals surface area contributed by atoms with E-state index in [2.05, 4.69) is 4.74 Å². The number of hydrogen-bond donors (Lipinski definition) is 1. The van der Waals surface area contributed by atoms with E-state index in [9.17, 15) is 13.2 Å². The van der Waals surface area contributed by atoms with Gasteiger partial charge < -0.3 is 15.2 Å². The molecule has 0 bridgehead atoms. The zero-order chi connectivity index (χ0) is 12.9. The van der Waals surface area contributed by atoms with Gasteiger partial charge in [0.25, 0.3) is 0 Å². The number of alkyl halides is 3. The van der Waals surface area contributed by atoms with Crippen molar-refractivity contribution in [1.29, 1.82) is 0 Å². The van der Waals surface area contributed by atoms with Crippen LogP contribution in [0.25, 0.3) is 0 Å². The van der Waals surface area contributed by atoms with Crippen LogP contribution < -0.4 is 10.5 Å². The first-order valence-electron chi connectivity index (χ1n) is 4.63. The van der Waals surface area contributed by atoms with Gasteiger partial charge in [0, 0.05) is 10.6 Å². The Hall–Kier alpha value is -1.08. The third kappa shape index (κ3) is 5.18. The van der Waals surface area contributed by atoms with Crippen LogP contribution in [0.2, 0.25) is 0 Å². The van der Waals surface area contributed by atoms with Crippen molar-refractivity contribution in [2.45, 2.75) is 11.1 Å². The third-order valence-corrected chi connectivity index (χ3v) is 2.73. The summed E-state index contributed by atoms with van der Waals surface area (Å²) in [6.45, 7) is -1.26. The fraction of sp³-hybridized carbons (Fsp3) is 0.400. The molecule has 1 aromatic rings. The van der Waals surface area contributed by atoms with Gasteiger partial charge in [0.1, 0.15) is 12.4 Å². The van der Waals surface area contributed by atoms with Gasteiger partial charge in [-0.25, -0.2) is 0 Å². The van der Waals surface area contributed by atoms with E-state index in [0.29, 0.717) is 16.3 Å². The topological polar surface area (TPSA) is 44.5 Å². The smallest absolute Gasteiger partial charge is 0.411 e. The molecule has 7 heteroatoms. The van der Waals surface area contributed by atoms with E-state index in [1.807, 2.05) is 0 Å². The molecule has 0 aliphatic carbocycles. The van der Waals surface area contributed by atoms with Gasteiger partial charge in [-0.1, -0.05) is 11.8 Å². The molecule has 0 saturated carbocycles. The summed E-state index contributed by atoms with van der Waals surface area (Å²) in [6.07, 6.45) is -4.31. The van der Waals surface area contributed by atoms with Gasteiger partial charge in [-0.2, -0.15) is 13.2 Å². The van der Waals surface area contributed by atoms with Crippen molar-refractivity contribution >= 4 is 17.4 Å². The van der Waals surface area contributed by atoms with E-state index >= 15 is 0 Å². The molecule has 0 spiro atoms. The highest BCUT2D eigenvalue weighted by molar-refractivity contribution is 7.99. The molecule has 0 saturated heterocycles. The number of methoxy groups -OCH3 is 1. The lowest BCUT2D eigenvalue weighted by atomic mass is 10.3. The minimum absolute atomic E-state index is 0.114. The van der Waals surface area contributed by atoms with Crippen LogP contribution >= 0.6 is 11.8 Å². The predicted molar refractivity (Wildman–Crippen MR) is 60.1 cm³/mol. The molecule has 0 aromatic heterocycles. The number of rotatable bonds is 5. The zero-order valence-electron chi connectivity index (χ0n) is 9.08. The standard InChI is InChI=1S/C10H12F3NO2S/c1-15-7-2-3-8(14)9(4-7)17-6-16-5-10(11,12)13/h2-4H,5-6,14H2,1H3.